The SMILES string of the molecule is N#Cc1ccccc1OCc1ccc(C(=O)NCc2ccc(COCC(F)(F)F)cc2)o1. The van der Waals surface area contributed by atoms with Crippen LogP contribution >= 0.6 is 0 Å². The predicted molar refractivity (Wildman–Crippen MR) is 108 cm³/mol. The molecule has 3 rings (SSSR count). The number of hydrogen-bond acceptors (Lipinski definition) is 5. The number of carbonyl (C=O) groups is 1. The second-order valence-electron chi connectivity index (χ2n) is 6.77. The van der Waals surface area contributed by atoms with Crippen LogP contribution < -0.4 is 10.1 Å². The third-order valence-electron chi connectivity index (χ3n) is 4.27. The maximum Gasteiger partial charge on any atom is 0.411 e. The fraction of sp³-hybridized carbons (Fsp3) is 0.217. The Labute approximate surface area is 182 Å². The number of nitrogens with zero attached hydrogens (tertiary/aromatic N) is 1. The minimum atomic E-state index is -4.36. The van der Waals surface area contributed by atoms with E-state index in [2.05, 4.69) is 10.1 Å². The van der Waals surface area contributed by atoms with E-state index in [1.807, 2.05) is 6.07 Å². The van der Waals surface area contributed by atoms with Gasteiger partial charge >= 0.3 is 6.18 Å². The summed E-state index contributed by atoms with van der Waals surface area (Å²) < 4.78 is 52.0. The van der Waals surface area contributed by atoms with Gasteiger partial charge < -0.3 is 19.2 Å². The standard InChI is InChI=1S/C23H19F3N2O4/c24-23(25,26)15-30-13-17-7-5-16(6-8-17)12-28-22(29)21-10-9-19(32-21)14-31-20-4-2-1-3-18(20)11-27/h1-10H,12-15H2,(H,28,29). The number of ether oxygens (including phenoxy) is 2. The maximum atomic E-state index is 12.3. The Morgan fingerprint density at radius 2 is 1.72 bits per heavy atom. The first-order valence-electron chi connectivity index (χ1n) is 9.55. The highest BCUT2D eigenvalue weighted by Gasteiger charge is 2.27. The number of benzene rings is 2. The summed E-state index contributed by atoms with van der Waals surface area (Å²) in [4.78, 5) is 12.3. The molecule has 3 aromatic rings. The van der Waals surface area contributed by atoms with Crippen molar-refractivity contribution in [3.05, 3.63) is 88.9 Å². The van der Waals surface area contributed by atoms with Gasteiger partial charge in [0.15, 0.2) is 5.76 Å². The van der Waals surface area contributed by atoms with E-state index >= 15 is 0 Å². The number of nitrogens with one attached hydrogen (secondary N) is 1. The number of alkyl halides is 3. The van der Waals surface area contributed by atoms with Gasteiger partial charge in [0.25, 0.3) is 5.91 Å². The van der Waals surface area contributed by atoms with Crippen LogP contribution in [0.3, 0.4) is 0 Å². The van der Waals surface area contributed by atoms with Crippen LogP contribution in [0.25, 0.3) is 0 Å². The van der Waals surface area contributed by atoms with Crippen molar-refractivity contribution in [2.24, 2.45) is 0 Å². The molecule has 6 nitrogen and oxygen atoms in total. The number of nitriles is 1. The summed E-state index contributed by atoms with van der Waals surface area (Å²) in [5.74, 6) is 0.524. The van der Waals surface area contributed by atoms with E-state index in [1.54, 1.807) is 54.6 Å². The number of amides is 1. The molecule has 0 unspecified atom stereocenters. The Kier molecular flexibility index (Phi) is 7.52. The first kappa shape index (κ1) is 22.9. The highest BCUT2D eigenvalue weighted by atomic mass is 19.4. The normalized spacial score (nSPS) is 11.1. The summed E-state index contributed by atoms with van der Waals surface area (Å²) in [7, 11) is 0. The molecule has 1 N–H and O–H groups in total. The average molecular weight is 444 g/mol. The lowest BCUT2D eigenvalue weighted by Gasteiger charge is -2.08. The number of para-hydroxylation sites is 1. The van der Waals surface area contributed by atoms with Gasteiger partial charge in [-0.3, -0.25) is 4.79 Å². The van der Waals surface area contributed by atoms with Gasteiger partial charge in [0.2, 0.25) is 0 Å². The first-order chi connectivity index (χ1) is 15.3. The summed E-state index contributed by atoms with van der Waals surface area (Å²) in [6, 6.07) is 18.6. The highest BCUT2D eigenvalue weighted by Crippen LogP contribution is 2.19. The van der Waals surface area contributed by atoms with Crippen LogP contribution in [-0.2, 0) is 24.5 Å². The van der Waals surface area contributed by atoms with E-state index in [0.717, 1.165) is 5.56 Å². The van der Waals surface area contributed by atoms with E-state index < -0.39 is 18.7 Å². The number of halogens is 3. The van der Waals surface area contributed by atoms with Crippen molar-refractivity contribution in [3.63, 3.8) is 0 Å². The van der Waals surface area contributed by atoms with Gasteiger partial charge in [-0.2, -0.15) is 18.4 Å². The fourth-order valence-electron chi connectivity index (χ4n) is 2.72. The molecule has 1 aromatic heterocycles. The molecule has 166 valence electrons. The van der Waals surface area contributed by atoms with Crippen molar-refractivity contribution in [3.8, 4) is 11.8 Å². The highest BCUT2D eigenvalue weighted by molar-refractivity contribution is 5.91. The van der Waals surface area contributed by atoms with E-state index in [0.29, 0.717) is 22.6 Å². The van der Waals surface area contributed by atoms with Gasteiger partial charge in [-0.25, -0.2) is 0 Å². The van der Waals surface area contributed by atoms with Crippen LogP contribution in [0.2, 0.25) is 0 Å². The molecule has 0 radical (unpaired) electrons. The Bertz CT molecular complexity index is 1090. The summed E-state index contributed by atoms with van der Waals surface area (Å²) in [6.07, 6.45) is -4.36. The van der Waals surface area contributed by atoms with E-state index in [4.69, 9.17) is 14.4 Å². The van der Waals surface area contributed by atoms with E-state index in [-0.39, 0.29) is 25.5 Å². The summed E-state index contributed by atoms with van der Waals surface area (Å²) in [5.41, 5.74) is 1.76. The number of carbonyl (C=O) groups excluding carboxylic acids is 1. The Morgan fingerprint density at radius 1 is 1.00 bits per heavy atom. The second-order valence-corrected chi connectivity index (χ2v) is 6.77. The lowest BCUT2D eigenvalue weighted by atomic mass is 10.1. The van der Waals surface area contributed by atoms with Gasteiger partial charge in [0.1, 0.15) is 30.8 Å². The van der Waals surface area contributed by atoms with E-state index in [1.165, 1.54) is 6.07 Å². The van der Waals surface area contributed by atoms with Crippen molar-refractivity contribution in [2.45, 2.75) is 25.9 Å². The quantitative estimate of drug-likeness (QED) is 0.515. The van der Waals surface area contributed by atoms with Crippen LogP contribution in [0.5, 0.6) is 5.75 Å². The molecule has 0 spiro atoms. The largest absolute Gasteiger partial charge is 0.484 e. The van der Waals surface area contributed by atoms with Crippen LogP contribution in [-0.4, -0.2) is 18.7 Å². The topological polar surface area (TPSA) is 84.5 Å². The van der Waals surface area contributed by atoms with Crippen LogP contribution in [0.15, 0.2) is 65.1 Å². The molecule has 0 bridgehead atoms. The zero-order chi connectivity index (χ0) is 23.0. The summed E-state index contributed by atoms with van der Waals surface area (Å²) in [5, 5.41) is 11.8. The Morgan fingerprint density at radius 3 is 2.44 bits per heavy atom. The number of furan rings is 1. The van der Waals surface area contributed by atoms with Gasteiger partial charge in [-0.05, 0) is 35.4 Å². The molecule has 0 atom stereocenters. The van der Waals surface area contributed by atoms with Crippen LogP contribution in [0.4, 0.5) is 13.2 Å². The third kappa shape index (κ3) is 6.89. The Hall–Kier alpha value is -3.77. The zero-order valence-corrected chi connectivity index (χ0v) is 16.8. The fourth-order valence-corrected chi connectivity index (χ4v) is 2.72. The van der Waals surface area contributed by atoms with Gasteiger partial charge in [-0.1, -0.05) is 36.4 Å². The Balaban J connectivity index is 1.46. The van der Waals surface area contributed by atoms with Gasteiger partial charge in [0, 0.05) is 6.54 Å². The predicted octanol–water partition coefficient (Wildman–Crippen LogP) is 4.74. The monoisotopic (exact) mass is 444 g/mol. The van der Waals surface area contributed by atoms with Crippen LogP contribution in [0, 0.1) is 11.3 Å². The molecule has 0 saturated carbocycles. The van der Waals surface area contributed by atoms with Crippen molar-refractivity contribution < 1.29 is 31.9 Å². The molecule has 0 aliphatic heterocycles. The lowest BCUT2D eigenvalue weighted by Crippen LogP contribution is -2.22. The molecule has 0 saturated heterocycles. The molecule has 32 heavy (non-hydrogen) atoms. The summed E-state index contributed by atoms with van der Waals surface area (Å²) in [6.45, 7) is -1.18. The molecule has 0 aliphatic rings. The molecule has 2 aromatic carbocycles. The molecule has 0 aliphatic carbocycles. The number of rotatable bonds is 9. The van der Waals surface area contributed by atoms with Crippen molar-refractivity contribution in [1.82, 2.24) is 5.32 Å². The summed E-state index contributed by atoms with van der Waals surface area (Å²) >= 11 is 0. The number of hydrogen-bond donors (Lipinski definition) is 1. The zero-order valence-electron chi connectivity index (χ0n) is 16.8. The smallest absolute Gasteiger partial charge is 0.411 e. The minimum Gasteiger partial charge on any atom is -0.484 e. The first-order valence-corrected chi connectivity index (χ1v) is 9.55. The molecule has 0 fully saturated rings. The second kappa shape index (κ2) is 10.5. The molecule has 9 heteroatoms. The average Bonchev–Trinajstić information content (AvgIpc) is 3.25. The van der Waals surface area contributed by atoms with Gasteiger partial charge in [-0.15, -0.1) is 0 Å². The maximum absolute atomic E-state index is 12.3. The van der Waals surface area contributed by atoms with Crippen LogP contribution in [0.1, 0.15) is 33.0 Å². The van der Waals surface area contributed by atoms with Crippen molar-refractivity contribution in [1.29, 1.82) is 5.26 Å². The molecular weight excluding hydrogens is 425 g/mol. The molecular formula is C23H19F3N2O4. The van der Waals surface area contributed by atoms with E-state index in [9.17, 15) is 18.0 Å². The third-order valence-corrected chi connectivity index (χ3v) is 4.27. The molecule has 1 amide bonds. The minimum absolute atomic E-state index is 0.0594. The van der Waals surface area contributed by atoms with Crippen molar-refractivity contribution >= 4 is 5.91 Å². The van der Waals surface area contributed by atoms with Gasteiger partial charge in [0.05, 0.1) is 12.2 Å². The lowest BCUT2D eigenvalue weighted by molar-refractivity contribution is -0.176. The van der Waals surface area contributed by atoms with Crippen molar-refractivity contribution in [2.75, 3.05) is 6.61 Å². The molecule has 1 heterocycles.